The maximum absolute atomic E-state index is 12.0. The molecule has 0 spiro atoms. The summed E-state index contributed by atoms with van der Waals surface area (Å²) < 4.78 is 0. The Balaban J connectivity index is 2.68. The summed E-state index contributed by atoms with van der Waals surface area (Å²) in [7, 11) is 0. The Morgan fingerprint density at radius 2 is 1.80 bits per heavy atom. The van der Waals surface area contributed by atoms with Crippen LogP contribution in [0.5, 0.6) is 0 Å². The molecule has 0 saturated heterocycles. The Morgan fingerprint density at radius 1 is 1.20 bits per heavy atom. The highest BCUT2D eigenvalue weighted by Gasteiger charge is 2.20. The molecule has 20 heavy (non-hydrogen) atoms. The van der Waals surface area contributed by atoms with Gasteiger partial charge in [-0.25, -0.2) is 0 Å². The second kappa shape index (κ2) is 7.28. The Kier molecular flexibility index (Phi) is 5.71. The number of benzene rings is 1. The number of rotatable bonds is 6. The van der Waals surface area contributed by atoms with E-state index < -0.39 is 17.9 Å². The van der Waals surface area contributed by atoms with Gasteiger partial charge in [-0.2, -0.15) is 0 Å². The predicted octanol–water partition coefficient (Wildman–Crippen LogP) is 1.30. The van der Waals surface area contributed by atoms with Crippen LogP contribution in [-0.2, 0) is 14.4 Å². The van der Waals surface area contributed by atoms with E-state index in [2.05, 4.69) is 10.6 Å². The number of carbonyl (C=O) groups is 3. The topological polar surface area (TPSA) is 95.5 Å². The van der Waals surface area contributed by atoms with Gasteiger partial charge in [0.05, 0.1) is 0 Å². The molecule has 0 aliphatic carbocycles. The van der Waals surface area contributed by atoms with E-state index in [9.17, 15) is 14.4 Å². The molecule has 1 atom stereocenters. The first kappa shape index (κ1) is 15.7. The van der Waals surface area contributed by atoms with Crippen molar-refractivity contribution >= 4 is 23.5 Å². The maximum Gasteiger partial charge on any atom is 0.303 e. The SMILES string of the molecule is CC(=O)N[C@H](CCC(=O)O)C(=O)Nc1ccc(C)cc1. The molecule has 0 bridgehead atoms. The van der Waals surface area contributed by atoms with Gasteiger partial charge in [0.1, 0.15) is 6.04 Å². The predicted molar refractivity (Wildman–Crippen MR) is 74.3 cm³/mol. The van der Waals surface area contributed by atoms with E-state index in [1.54, 1.807) is 12.1 Å². The summed E-state index contributed by atoms with van der Waals surface area (Å²) in [6.07, 6.45) is -0.140. The molecule has 0 aliphatic rings. The summed E-state index contributed by atoms with van der Waals surface area (Å²) >= 11 is 0. The van der Waals surface area contributed by atoms with Crippen molar-refractivity contribution in [3.63, 3.8) is 0 Å². The monoisotopic (exact) mass is 278 g/mol. The van der Waals surface area contributed by atoms with Crippen LogP contribution in [0.25, 0.3) is 0 Å². The van der Waals surface area contributed by atoms with Gasteiger partial charge in [-0.05, 0) is 25.5 Å². The van der Waals surface area contributed by atoms with Crippen molar-refractivity contribution in [1.82, 2.24) is 5.32 Å². The maximum atomic E-state index is 12.0. The molecule has 1 rings (SSSR count). The van der Waals surface area contributed by atoms with Crippen LogP contribution in [0.4, 0.5) is 5.69 Å². The van der Waals surface area contributed by atoms with Crippen molar-refractivity contribution in [3.8, 4) is 0 Å². The summed E-state index contributed by atoms with van der Waals surface area (Å²) in [6, 6.07) is 6.33. The lowest BCUT2D eigenvalue weighted by Crippen LogP contribution is -2.43. The standard InChI is InChI=1S/C14H18N2O4/c1-9-3-5-11(6-4-9)16-14(20)12(15-10(2)17)7-8-13(18)19/h3-6,12H,7-8H2,1-2H3,(H,15,17)(H,16,20)(H,18,19)/t12-/m1/s1. The Bertz CT molecular complexity index is 496. The molecule has 0 saturated carbocycles. The van der Waals surface area contributed by atoms with Crippen LogP contribution in [-0.4, -0.2) is 28.9 Å². The molecule has 0 radical (unpaired) electrons. The number of anilines is 1. The Labute approximate surface area is 117 Å². The van der Waals surface area contributed by atoms with Crippen LogP contribution >= 0.6 is 0 Å². The third-order valence-electron chi connectivity index (χ3n) is 2.66. The molecule has 0 heterocycles. The van der Waals surface area contributed by atoms with E-state index in [4.69, 9.17) is 5.11 Å². The lowest BCUT2D eigenvalue weighted by Gasteiger charge is -2.16. The van der Waals surface area contributed by atoms with E-state index in [0.29, 0.717) is 5.69 Å². The van der Waals surface area contributed by atoms with E-state index in [1.807, 2.05) is 19.1 Å². The Morgan fingerprint density at radius 3 is 2.30 bits per heavy atom. The molecule has 3 N–H and O–H groups in total. The summed E-state index contributed by atoms with van der Waals surface area (Å²) in [4.78, 5) is 33.7. The molecule has 6 nitrogen and oxygen atoms in total. The zero-order valence-corrected chi connectivity index (χ0v) is 11.5. The first-order chi connectivity index (χ1) is 9.38. The number of carboxylic acid groups (broad SMARTS) is 1. The van der Waals surface area contributed by atoms with Gasteiger partial charge in [-0.3, -0.25) is 14.4 Å². The van der Waals surface area contributed by atoms with Crippen molar-refractivity contribution in [1.29, 1.82) is 0 Å². The quantitative estimate of drug-likeness (QED) is 0.731. The smallest absolute Gasteiger partial charge is 0.303 e. The lowest BCUT2D eigenvalue weighted by molar-refractivity contribution is -0.137. The van der Waals surface area contributed by atoms with E-state index in [1.165, 1.54) is 6.92 Å². The van der Waals surface area contributed by atoms with Crippen LogP contribution in [0, 0.1) is 6.92 Å². The minimum Gasteiger partial charge on any atom is -0.481 e. The van der Waals surface area contributed by atoms with Crippen molar-refractivity contribution in [3.05, 3.63) is 29.8 Å². The average Bonchev–Trinajstić information content (AvgIpc) is 2.36. The van der Waals surface area contributed by atoms with Gasteiger partial charge in [-0.15, -0.1) is 0 Å². The van der Waals surface area contributed by atoms with Gasteiger partial charge in [0.25, 0.3) is 0 Å². The van der Waals surface area contributed by atoms with Crippen molar-refractivity contribution in [2.45, 2.75) is 32.7 Å². The lowest BCUT2D eigenvalue weighted by atomic mass is 10.1. The first-order valence-corrected chi connectivity index (χ1v) is 6.25. The van der Waals surface area contributed by atoms with Crippen molar-refractivity contribution < 1.29 is 19.5 Å². The summed E-state index contributed by atoms with van der Waals surface area (Å²) in [6.45, 7) is 3.21. The van der Waals surface area contributed by atoms with Gasteiger partial charge in [0.15, 0.2) is 0 Å². The molecule has 0 aromatic heterocycles. The van der Waals surface area contributed by atoms with Crippen LogP contribution in [0.15, 0.2) is 24.3 Å². The molecule has 0 aliphatic heterocycles. The van der Waals surface area contributed by atoms with Gasteiger partial charge in [0, 0.05) is 19.0 Å². The van der Waals surface area contributed by atoms with Crippen molar-refractivity contribution in [2.75, 3.05) is 5.32 Å². The zero-order chi connectivity index (χ0) is 15.1. The summed E-state index contributed by atoms with van der Waals surface area (Å²) in [5.41, 5.74) is 1.67. The molecule has 0 unspecified atom stereocenters. The molecular formula is C14H18N2O4. The second-order valence-corrected chi connectivity index (χ2v) is 4.54. The minimum absolute atomic E-state index is 0.0482. The largest absolute Gasteiger partial charge is 0.481 e. The minimum atomic E-state index is -1.01. The third-order valence-corrected chi connectivity index (χ3v) is 2.66. The van der Waals surface area contributed by atoms with Crippen LogP contribution in [0.3, 0.4) is 0 Å². The number of hydrogen-bond donors (Lipinski definition) is 3. The van der Waals surface area contributed by atoms with Gasteiger partial charge in [-0.1, -0.05) is 17.7 Å². The molecule has 1 aromatic carbocycles. The first-order valence-electron chi connectivity index (χ1n) is 6.25. The van der Waals surface area contributed by atoms with Crippen LogP contribution in [0.2, 0.25) is 0 Å². The highest BCUT2D eigenvalue weighted by Crippen LogP contribution is 2.10. The number of aliphatic carboxylic acids is 1. The fraction of sp³-hybridized carbons (Fsp3) is 0.357. The fourth-order valence-electron chi connectivity index (χ4n) is 1.65. The van der Waals surface area contributed by atoms with Gasteiger partial charge >= 0.3 is 5.97 Å². The van der Waals surface area contributed by atoms with E-state index in [0.717, 1.165) is 5.56 Å². The van der Waals surface area contributed by atoms with Gasteiger partial charge < -0.3 is 15.7 Å². The highest BCUT2D eigenvalue weighted by molar-refractivity contribution is 5.97. The summed E-state index contributed by atoms with van der Waals surface area (Å²) in [5.74, 6) is -1.81. The molecule has 6 heteroatoms. The second-order valence-electron chi connectivity index (χ2n) is 4.54. The normalized spacial score (nSPS) is 11.5. The number of nitrogens with one attached hydrogen (secondary N) is 2. The van der Waals surface area contributed by atoms with E-state index >= 15 is 0 Å². The van der Waals surface area contributed by atoms with Crippen LogP contribution < -0.4 is 10.6 Å². The highest BCUT2D eigenvalue weighted by atomic mass is 16.4. The molecule has 108 valence electrons. The molecular weight excluding hydrogens is 260 g/mol. The molecule has 2 amide bonds. The number of aryl methyl sites for hydroxylation is 1. The summed E-state index contributed by atoms with van der Waals surface area (Å²) in [5, 5.41) is 13.8. The fourth-order valence-corrected chi connectivity index (χ4v) is 1.65. The van der Waals surface area contributed by atoms with E-state index in [-0.39, 0.29) is 18.7 Å². The zero-order valence-electron chi connectivity index (χ0n) is 11.5. The Hall–Kier alpha value is -2.37. The van der Waals surface area contributed by atoms with Crippen LogP contribution in [0.1, 0.15) is 25.3 Å². The number of carboxylic acids is 1. The molecule has 1 aromatic rings. The van der Waals surface area contributed by atoms with Gasteiger partial charge in [0.2, 0.25) is 11.8 Å². The number of hydrogen-bond acceptors (Lipinski definition) is 3. The molecule has 0 fully saturated rings. The average molecular weight is 278 g/mol. The number of carbonyl (C=O) groups excluding carboxylic acids is 2. The van der Waals surface area contributed by atoms with Crippen molar-refractivity contribution in [2.24, 2.45) is 0 Å². The third kappa shape index (κ3) is 5.51. The number of amides is 2.